The van der Waals surface area contributed by atoms with Crippen LogP contribution >= 0.6 is 0 Å². The van der Waals surface area contributed by atoms with Crippen molar-refractivity contribution in [2.45, 2.75) is 43.3 Å². The van der Waals surface area contributed by atoms with Crippen LogP contribution in [0.5, 0.6) is 0 Å². The minimum absolute atomic E-state index is 0.129. The highest BCUT2D eigenvalue weighted by Crippen LogP contribution is 2.48. The van der Waals surface area contributed by atoms with Crippen LogP contribution in [0.2, 0.25) is 0 Å². The molecule has 3 aliphatic heterocycles. The number of hydrogen-bond acceptors (Lipinski definition) is 5. The molecule has 0 saturated carbocycles. The zero-order chi connectivity index (χ0) is 21.2. The second kappa shape index (κ2) is 6.71. The molecular weight excluding hydrogens is 404 g/mol. The average molecular weight is 425 g/mol. The van der Waals surface area contributed by atoms with E-state index in [1.54, 1.807) is 17.2 Å². The Labute approximate surface area is 177 Å². The Morgan fingerprint density at radius 3 is 2.68 bits per heavy atom. The number of piperidine rings is 1. The summed E-state index contributed by atoms with van der Waals surface area (Å²) >= 11 is 0. The number of hydrogen-bond donors (Lipinski definition) is 0. The lowest BCUT2D eigenvalue weighted by molar-refractivity contribution is -0.141. The molecule has 31 heavy (non-hydrogen) atoms. The summed E-state index contributed by atoms with van der Waals surface area (Å²) in [6.07, 6.45) is 1.76. The third kappa shape index (κ3) is 2.69. The lowest BCUT2D eigenvalue weighted by Gasteiger charge is -2.38. The molecule has 0 aliphatic carbocycles. The summed E-state index contributed by atoms with van der Waals surface area (Å²) in [6.45, 7) is 1.03. The number of fused-ring (bicyclic) bond motifs is 2. The molecule has 6 rings (SSSR count). The van der Waals surface area contributed by atoms with Crippen molar-refractivity contribution in [3.05, 3.63) is 60.2 Å². The molecule has 7 nitrogen and oxygen atoms in total. The minimum Gasteiger partial charge on any atom is -0.356 e. The molecule has 1 aromatic carbocycles. The molecule has 1 spiro atoms. The van der Waals surface area contributed by atoms with Gasteiger partial charge in [-0.25, -0.2) is 13.8 Å². The Morgan fingerprint density at radius 1 is 1.13 bits per heavy atom. The van der Waals surface area contributed by atoms with Gasteiger partial charge in [0.2, 0.25) is 0 Å². The summed E-state index contributed by atoms with van der Waals surface area (Å²) in [5, 5.41) is 4.08. The predicted molar refractivity (Wildman–Crippen MR) is 108 cm³/mol. The summed E-state index contributed by atoms with van der Waals surface area (Å²) in [7, 11) is 0. The van der Waals surface area contributed by atoms with Gasteiger partial charge >= 0.3 is 0 Å². The maximum absolute atomic E-state index is 14.9. The number of benzene rings is 1. The van der Waals surface area contributed by atoms with Crippen molar-refractivity contribution in [3.8, 4) is 0 Å². The van der Waals surface area contributed by atoms with E-state index in [0.717, 1.165) is 11.8 Å². The van der Waals surface area contributed by atoms with Gasteiger partial charge in [-0.05, 0) is 11.6 Å². The molecule has 2 aromatic heterocycles. The van der Waals surface area contributed by atoms with Gasteiger partial charge < -0.3 is 14.5 Å². The fraction of sp³-hybridized carbons (Fsp3) is 0.409. The number of alkyl halides is 1. The van der Waals surface area contributed by atoms with Gasteiger partial charge in [0.25, 0.3) is 5.91 Å². The van der Waals surface area contributed by atoms with E-state index in [9.17, 15) is 13.6 Å². The van der Waals surface area contributed by atoms with Crippen molar-refractivity contribution >= 4 is 17.4 Å². The number of nitrogens with zero attached hydrogens (tertiary/aromatic N) is 5. The highest BCUT2D eigenvalue weighted by Gasteiger charge is 2.61. The predicted octanol–water partition coefficient (Wildman–Crippen LogP) is 2.88. The molecule has 3 saturated heterocycles. The van der Waals surface area contributed by atoms with E-state index < -0.39 is 23.8 Å². The lowest BCUT2D eigenvalue weighted by atomic mass is 9.89. The van der Waals surface area contributed by atoms with E-state index in [-0.39, 0.29) is 24.0 Å². The largest absolute Gasteiger partial charge is 0.356 e. The van der Waals surface area contributed by atoms with Crippen molar-refractivity contribution < 1.29 is 18.3 Å². The minimum atomic E-state index is -1.21. The monoisotopic (exact) mass is 425 g/mol. The van der Waals surface area contributed by atoms with Gasteiger partial charge in [-0.15, -0.1) is 0 Å². The van der Waals surface area contributed by atoms with Gasteiger partial charge in [0, 0.05) is 38.5 Å². The smallest absolute Gasteiger partial charge is 0.257 e. The Kier molecular flexibility index (Phi) is 4.05. The van der Waals surface area contributed by atoms with E-state index in [4.69, 9.17) is 4.74 Å². The molecule has 0 N–H and O–H groups in total. The number of halogens is 2. The molecule has 5 heterocycles. The van der Waals surface area contributed by atoms with Gasteiger partial charge in [-0.2, -0.15) is 9.61 Å². The standard InChI is InChI=1S/C22H21F2N5O2/c23-15-12-17(14-4-2-1-3-5-14)28-20(15)31-22(21(28)30)7-10-27(11-8-22)18-6-9-25-19-16(24)13-26-29(18)19/h1-6,9,13,15,17,20H,7-8,10-12H2. The van der Waals surface area contributed by atoms with Crippen LogP contribution in [0.1, 0.15) is 30.9 Å². The number of ether oxygens (including phenoxy) is 1. The first-order valence-electron chi connectivity index (χ1n) is 10.5. The second-order valence-electron chi connectivity index (χ2n) is 8.41. The number of amides is 1. The van der Waals surface area contributed by atoms with Crippen molar-refractivity contribution in [2.75, 3.05) is 18.0 Å². The number of anilines is 1. The first-order chi connectivity index (χ1) is 15.1. The summed E-state index contributed by atoms with van der Waals surface area (Å²) in [4.78, 5) is 21.2. The molecule has 160 valence electrons. The van der Waals surface area contributed by atoms with Crippen LogP contribution in [0.4, 0.5) is 14.6 Å². The lowest BCUT2D eigenvalue weighted by Crippen LogP contribution is -2.50. The maximum Gasteiger partial charge on any atom is 0.257 e. The SMILES string of the molecule is O=C1N2C(c3ccccc3)CC(F)C2OC12CCN(c1ccnc3c(F)cnn13)CC2. The summed E-state index contributed by atoms with van der Waals surface area (Å²) in [5.41, 5.74) is 0.0806. The first-order valence-corrected chi connectivity index (χ1v) is 10.5. The van der Waals surface area contributed by atoms with E-state index in [1.165, 1.54) is 4.52 Å². The van der Waals surface area contributed by atoms with Gasteiger partial charge in [0.15, 0.2) is 23.3 Å². The van der Waals surface area contributed by atoms with Crippen LogP contribution < -0.4 is 4.90 Å². The Hall–Kier alpha value is -3.07. The van der Waals surface area contributed by atoms with Crippen LogP contribution in [-0.2, 0) is 9.53 Å². The number of carbonyl (C=O) groups excluding carboxylic acids is 1. The fourth-order valence-corrected chi connectivity index (χ4v) is 5.19. The topological polar surface area (TPSA) is 63.0 Å². The summed E-state index contributed by atoms with van der Waals surface area (Å²) in [5.74, 6) is 0.0996. The molecule has 3 aromatic rings. The molecule has 9 heteroatoms. The highest BCUT2D eigenvalue weighted by molar-refractivity contribution is 5.88. The zero-order valence-electron chi connectivity index (χ0n) is 16.7. The molecule has 3 aliphatic rings. The third-order valence-electron chi connectivity index (χ3n) is 6.76. The van der Waals surface area contributed by atoms with E-state index in [0.29, 0.717) is 31.7 Å². The van der Waals surface area contributed by atoms with Crippen molar-refractivity contribution in [1.82, 2.24) is 19.5 Å². The first kappa shape index (κ1) is 18.7. The quantitative estimate of drug-likeness (QED) is 0.632. The van der Waals surface area contributed by atoms with Crippen LogP contribution in [0.3, 0.4) is 0 Å². The van der Waals surface area contributed by atoms with Crippen LogP contribution in [0.25, 0.3) is 5.65 Å². The Bertz CT molecular complexity index is 1150. The number of rotatable bonds is 2. The maximum atomic E-state index is 14.9. The highest BCUT2D eigenvalue weighted by atomic mass is 19.1. The summed E-state index contributed by atoms with van der Waals surface area (Å²) < 4.78 is 36.3. The van der Waals surface area contributed by atoms with Crippen molar-refractivity contribution in [1.29, 1.82) is 0 Å². The molecule has 0 radical (unpaired) electrons. The van der Waals surface area contributed by atoms with Gasteiger partial charge in [0.1, 0.15) is 12.0 Å². The molecule has 1 amide bonds. The molecule has 3 unspecified atom stereocenters. The van der Waals surface area contributed by atoms with E-state index >= 15 is 0 Å². The zero-order valence-corrected chi connectivity index (χ0v) is 16.7. The fourth-order valence-electron chi connectivity index (χ4n) is 5.19. The van der Waals surface area contributed by atoms with Crippen molar-refractivity contribution in [2.24, 2.45) is 0 Å². The number of aromatic nitrogens is 3. The summed E-state index contributed by atoms with van der Waals surface area (Å²) in [6, 6.07) is 11.0. The molecular formula is C22H21F2N5O2. The molecule has 3 fully saturated rings. The van der Waals surface area contributed by atoms with Gasteiger partial charge in [-0.1, -0.05) is 30.3 Å². The van der Waals surface area contributed by atoms with Crippen LogP contribution in [0.15, 0.2) is 48.8 Å². The third-order valence-corrected chi connectivity index (χ3v) is 6.76. The Morgan fingerprint density at radius 2 is 1.90 bits per heavy atom. The van der Waals surface area contributed by atoms with Crippen LogP contribution in [-0.4, -0.2) is 56.5 Å². The molecule has 3 atom stereocenters. The average Bonchev–Trinajstić information content (AvgIpc) is 3.43. The van der Waals surface area contributed by atoms with Gasteiger partial charge in [0.05, 0.1) is 12.2 Å². The number of carbonyl (C=O) groups is 1. The van der Waals surface area contributed by atoms with E-state index in [2.05, 4.69) is 10.1 Å². The van der Waals surface area contributed by atoms with Crippen molar-refractivity contribution in [3.63, 3.8) is 0 Å². The second-order valence-corrected chi connectivity index (χ2v) is 8.41. The van der Waals surface area contributed by atoms with Crippen LogP contribution in [0, 0.1) is 5.82 Å². The van der Waals surface area contributed by atoms with Gasteiger partial charge in [-0.3, -0.25) is 4.79 Å². The van der Waals surface area contributed by atoms with E-state index in [1.807, 2.05) is 35.2 Å². The Balaban J connectivity index is 1.25. The normalized spacial score (nSPS) is 27.4. The molecule has 0 bridgehead atoms.